The van der Waals surface area contributed by atoms with Crippen molar-refractivity contribution in [3.63, 3.8) is 0 Å². The van der Waals surface area contributed by atoms with E-state index >= 15 is 4.39 Å². The Morgan fingerprint density at radius 2 is 1.76 bits per heavy atom. The number of aromatic nitrogens is 5. The van der Waals surface area contributed by atoms with Gasteiger partial charge in [-0.1, -0.05) is 35.9 Å². The quantitative estimate of drug-likeness (QED) is 0.206. The van der Waals surface area contributed by atoms with E-state index in [4.69, 9.17) is 11.6 Å². The standard InChI is InChI=1S/C30H22ClF3N8O2S/c31-19-5-1-2-7-24(19)45(43,44)40-21-9-8-20(33)28(26(21)34)39-30-29-22(35-15-36-30)10-11-25(38-29)42-16-37-27-17(4-3-6-23(27)42)12-41-13-18(32)14-41/h1-11,15-16,18,40H,12-14H2,(H,35,36,39). The highest BCUT2D eigenvalue weighted by Gasteiger charge is 2.27. The topological polar surface area (TPSA) is 118 Å². The van der Waals surface area contributed by atoms with Gasteiger partial charge in [0.1, 0.15) is 46.6 Å². The summed E-state index contributed by atoms with van der Waals surface area (Å²) in [6.07, 6.45) is 2.01. The molecule has 0 radical (unpaired) electrons. The summed E-state index contributed by atoms with van der Waals surface area (Å²) < 4.78 is 73.7. The van der Waals surface area contributed by atoms with Gasteiger partial charge in [0.25, 0.3) is 10.0 Å². The van der Waals surface area contributed by atoms with Crippen molar-refractivity contribution in [2.45, 2.75) is 17.6 Å². The summed E-state index contributed by atoms with van der Waals surface area (Å²) in [5.74, 6) is -1.78. The molecule has 0 unspecified atom stereocenters. The second-order valence-electron chi connectivity index (χ2n) is 10.4. The minimum Gasteiger partial charge on any atom is -0.333 e. The van der Waals surface area contributed by atoms with Crippen molar-refractivity contribution in [2.75, 3.05) is 23.1 Å². The van der Waals surface area contributed by atoms with Crippen molar-refractivity contribution in [1.82, 2.24) is 29.4 Å². The van der Waals surface area contributed by atoms with Gasteiger partial charge in [0.05, 0.1) is 27.3 Å². The Hall–Kier alpha value is -4.79. The molecule has 0 aliphatic carbocycles. The van der Waals surface area contributed by atoms with Crippen LogP contribution in [-0.2, 0) is 16.6 Å². The first-order chi connectivity index (χ1) is 21.7. The minimum atomic E-state index is -4.30. The van der Waals surface area contributed by atoms with E-state index in [9.17, 15) is 17.2 Å². The molecule has 4 heterocycles. The molecule has 45 heavy (non-hydrogen) atoms. The number of hydrogen-bond acceptors (Lipinski definition) is 8. The van der Waals surface area contributed by atoms with Crippen molar-refractivity contribution < 1.29 is 21.6 Å². The number of nitrogens with one attached hydrogen (secondary N) is 2. The van der Waals surface area contributed by atoms with Crippen LogP contribution in [0.3, 0.4) is 0 Å². The number of nitrogens with zero attached hydrogens (tertiary/aromatic N) is 6. The summed E-state index contributed by atoms with van der Waals surface area (Å²) in [4.78, 5) is 19.4. The molecule has 7 rings (SSSR count). The second-order valence-corrected chi connectivity index (χ2v) is 12.5. The predicted molar refractivity (Wildman–Crippen MR) is 164 cm³/mol. The largest absolute Gasteiger partial charge is 0.333 e. The van der Waals surface area contributed by atoms with Crippen LogP contribution < -0.4 is 10.0 Å². The first-order valence-electron chi connectivity index (χ1n) is 13.6. The zero-order valence-corrected chi connectivity index (χ0v) is 24.7. The Kier molecular flexibility index (Phi) is 7.26. The molecule has 0 spiro atoms. The van der Waals surface area contributed by atoms with Crippen LogP contribution in [-0.4, -0.2) is 57.1 Å². The number of imidazole rings is 1. The molecule has 6 aromatic rings. The molecule has 0 saturated carbocycles. The molecule has 1 saturated heterocycles. The maximum Gasteiger partial charge on any atom is 0.263 e. The highest BCUT2D eigenvalue weighted by atomic mass is 35.5. The van der Waals surface area contributed by atoms with Gasteiger partial charge in [-0.3, -0.25) is 14.2 Å². The molecule has 1 aliphatic heterocycles. The fraction of sp³-hybridized carbons (Fsp3) is 0.133. The monoisotopic (exact) mass is 650 g/mol. The molecule has 0 bridgehead atoms. The van der Waals surface area contributed by atoms with Gasteiger partial charge in [-0.15, -0.1) is 0 Å². The average molecular weight is 651 g/mol. The summed E-state index contributed by atoms with van der Waals surface area (Å²) in [5.41, 5.74) is 1.87. The van der Waals surface area contributed by atoms with Crippen LogP contribution in [0.15, 0.2) is 84.3 Å². The summed E-state index contributed by atoms with van der Waals surface area (Å²) in [7, 11) is -4.30. The molecule has 228 valence electrons. The van der Waals surface area contributed by atoms with Crippen LogP contribution in [0.2, 0.25) is 5.02 Å². The van der Waals surface area contributed by atoms with Crippen molar-refractivity contribution >= 4 is 60.9 Å². The molecule has 1 aliphatic rings. The van der Waals surface area contributed by atoms with Gasteiger partial charge in [0, 0.05) is 19.6 Å². The third kappa shape index (κ3) is 5.41. The molecular weight excluding hydrogens is 629 g/mol. The second kappa shape index (κ2) is 11.3. The normalized spacial score (nSPS) is 14.1. The van der Waals surface area contributed by atoms with E-state index in [2.05, 4.69) is 30.0 Å². The first-order valence-corrected chi connectivity index (χ1v) is 15.5. The first kappa shape index (κ1) is 29.0. The zero-order valence-electron chi connectivity index (χ0n) is 23.1. The molecule has 15 heteroatoms. The van der Waals surface area contributed by atoms with Crippen LogP contribution in [0.1, 0.15) is 5.56 Å². The summed E-state index contributed by atoms with van der Waals surface area (Å²) in [5, 5.41) is 2.57. The lowest BCUT2D eigenvalue weighted by Crippen LogP contribution is -2.47. The molecule has 0 atom stereocenters. The molecule has 10 nitrogen and oxygen atoms in total. The lowest BCUT2D eigenvalue weighted by molar-refractivity contribution is 0.0594. The predicted octanol–water partition coefficient (Wildman–Crippen LogP) is 5.99. The summed E-state index contributed by atoms with van der Waals surface area (Å²) in [6, 6.07) is 16.7. The number of sulfonamides is 1. The van der Waals surface area contributed by atoms with E-state index in [0.29, 0.717) is 31.0 Å². The van der Waals surface area contributed by atoms with E-state index < -0.39 is 39.2 Å². The molecule has 0 amide bonds. The Morgan fingerprint density at radius 3 is 2.56 bits per heavy atom. The third-order valence-electron chi connectivity index (χ3n) is 7.39. The van der Waals surface area contributed by atoms with Gasteiger partial charge in [0.2, 0.25) is 0 Å². The number of rotatable bonds is 8. The minimum absolute atomic E-state index is 0.0190. The van der Waals surface area contributed by atoms with Gasteiger partial charge in [-0.05, 0) is 48.0 Å². The number of anilines is 3. The highest BCUT2D eigenvalue weighted by Crippen LogP contribution is 2.33. The number of fused-ring (bicyclic) bond motifs is 2. The van der Waals surface area contributed by atoms with Crippen LogP contribution in [0.5, 0.6) is 0 Å². The summed E-state index contributed by atoms with van der Waals surface area (Å²) >= 11 is 6.03. The number of alkyl halides is 1. The Morgan fingerprint density at radius 1 is 0.933 bits per heavy atom. The summed E-state index contributed by atoms with van der Waals surface area (Å²) in [6.45, 7) is 1.33. The Labute approximate surface area is 259 Å². The molecule has 2 N–H and O–H groups in total. The fourth-order valence-corrected chi connectivity index (χ4v) is 6.75. The van der Waals surface area contributed by atoms with Crippen molar-refractivity contribution in [1.29, 1.82) is 0 Å². The van der Waals surface area contributed by atoms with E-state index in [1.165, 1.54) is 24.5 Å². The zero-order chi connectivity index (χ0) is 31.3. The van der Waals surface area contributed by atoms with E-state index in [1.807, 2.05) is 23.1 Å². The number of benzene rings is 3. The van der Waals surface area contributed by atoms with Gasteiger partial charge >= 0.3 is 0 Å². The smallest absolute Gasteiger partial charge is 0.263 e. The van der Waals surface area contributed by atoms with Crippen LogP contribution in [0.25, 0.3) is 27.9 Å². The SMILES string of the molecule is O=S(=O)(Nc1ccc(F)c(Nc2ncnc3ccc(-n4cnc5c(CN6CC(F)C6)cccc54)nc23)c1F)c1ccccc1Cl. The number of pyridine rings is 1. The Bertz CT molecular complexity index is 2210. The lowest BCUT2D eigenvalue weighted by atomic mass is 10.1. The molecule has 3 aromatic carbocycles. The Balaban J connectivity index is 1.23. The average Bonchev–Trinajstić information content (AvgIpc) is 3.45. The van der Waals surface area contributed by atoms with Crippen LogP contribution in [0.4, 0.5) is 30.4 Å². The highest BCUT2D eigenvalue weighted by molar-refractivity contribution is 7.92. The fourth-order valence-electron chi connectivity index (χ4n) is 5.17. The maximum absolute atomic E-state index is 15.7. The van der Waals surface area contributed by atoms with Gasteiger partial charge in [0.15, 0.2) is 11.6 Å². The molecule has 1 fully saturated rings. The van der Waals surface area contributed by atoms with E-state index in [1.54, 1.807) is 29.1 Å². The third-order valence-corrected chi connectivity index (χ3v) is 9.25. The van der Waals surface area contributed by atoms with Gasteiger partial charge in [-0.2, -0.15) is 0 Å². The number of likely N-dealkylation sites (tertiary alicyclic amines) is 1. The van der Waals surface area contributed by atoms with Crippen LogP contribution in [0, 0.1) is 11.6 Å². The maximum atomic E-state index is 15.7. The van der Waals surface area contributed by atoms with Gasteiger partial charge in [-0.25, -0.2) is 41.5 Å². The van der Waals surface area contributed by atoms with Gasteiger partial charge < -0.3 is 5.32 Å². The van der Waals surface area contributed by atoms with Crippen molar-refractivity contribution in [3.8, 4) is 5.82 Å². The van der Waals surface area contributed by atoms with Crippen LogP contribution >= 0.6 is 11.6 Å². The number of para-hydroxylation sites is 1. The van der Waals surface area contributed by atoms with Crippen molar-refractivity contribution in [2.24, 2.45) is 0 Å². The van der Waals surface area contributed by atoms with Crippen molar-refractivity contribution in [3.05, 3.63) is 102 Å². The molecular formula is C30H22ClF3N8O2S. The van der Waals surface area contributed by atoms with E-state index in [0.717, 1.165) is 28.7 Å². The molecule has 3 aromatic heterocycles. The van der Waals surface area contributed by atoms with E-state index in [-0.39, 0.29) is 21.3 Å². The lowest BCUT2D eigenvalue weighted by Gasteiger charge is -2.34. The number of halogens is 4. The number of hydrogen-bond donors (Lipinski definition) is 2.